The van der Waals surface area contributed by atoms with Crippen molar-refractivity contribution in [2.24, 2.45) is 5.73 Å². The summed E-state index contributed by atoms with van der Waals surface area (Å²) in [7, 11) is 0. The van der Waals surface area contributed by atoms with Gasteiger partial charge in [0.05, 0.1) is 6.04 Å². The van der Waals surface area contributed by atoms with E-state index in [-0.39, 0.29) is 5.82 Å². The smallest absolute Gasteiger partial charge is 0.128 e. The molecule has 0 aromatic heterocycles. The summed E-state index contributed by atoms with van der Waals surface area (Å²) in [5.74, 6) is -0.363. The molecule has 0 spiro atoms. The third-order valence-corrected chi connectivity index (χ3v) is 2.51. The molecule has 0 aliphatic carbocycles. The van der Waals surface area contributed by atoms with Gasteiger partial charge in [-0.25, -0.2) is 4.39 Å². The maximum absolute atomic E-state index is 13.5. The number of nitrogens with two attached hydrogens (primary N) is 2. The van der Waals surface area contributed by atoms with Gasteiger partial charge in [0.25, 0.3) is 0 Å². The number of hydrogen-bond donors (Lipinski definition) is 2. The lowest BCUT2D eigenvalue weighted by Gasteiger charge is -2.15. The van der Waals surface area contributed by atoms with Crippen LogP contribution in [-0.2, 0) is 0 Å². The zero-order valence-electron chi connectivity index (χ0n) is 8.65. The Morgan fingerprint density at radius 1 is 1.12 bits per heavy atom. The molecule has 1 unspecified atom stereocenters. The van der Waals surface area contributed by atoms with Crippen molar-refractivity contribution in [2.75, 3.05) is 5.73 Å². The van der Waals surface area contributed by atoms with Gasteiger partial charge in [0.1, 0.15) is 5.82 Å². The SMILES string of the molecule is Nc1ccccc1C(N)c1cc[c]cc1F. The van der Waals surface area contributed by atoms with Crippen LogP contribution in [0.4, 0.5) is 10.1 Å². The summed E-state index contributed by atoms with van der Waals surface area (Å²) in [6, 6.07) is 13.8. The average Bonchev–Trinajstić information content (AvgIpc) is 2.29. The highest BCUT2D eigenvalue weighted by Crippen LogP contribution is 2.25. The second-order valence-electron chi connectivity index (χ2n) is 3.55. The Hall–Kier alpha value is -1.87. The molecule has 0 bridgehead atoms. The number of halogens is 1. The molecule has 2 aromatic rings. The molecule has 0 aliphatic rings. The van der Waals surface area contributed by atoms with Gasteiger partial charge in [-0.1, -0.05) is 30.3 Å². The molecule has 4 N–H and O–H groups in total. The van der Waals surface area contributed by atoms with E-state index in [1.807, 2.05) is 12.1 Å². The van der Waals surface area contributed by atoms with Crippen molar-refractivity contribution in [3.8, 4) is 0 Å². The van der Waals surface area contributed by atoms with E-state index in [9.17, 15) is 4.39 Å². The summed E-state index contributed by atoms with van der Waals surface area (Å²) < 4.78 is 13.5. The van der Waals surface area contributed by atoms with Crippen molar-refractivity contribution >= 4 is 5.69 Å². The highest BCUT2D eigenvalue weighted by molar-refractivity contribution is 5.51. The zero-order valence-corrected chi connectivity index (χ0v) is 8.65. The van der Waals surface area contributed by atoms with Crippen molar-refractivity contribution in [1.29, 1.82) is 0 Å². The Labute approximate surface area is 93.7 Å². The lowest BCUT2D eigenvalue weighted by Crippen LogP contribution is -2.15. The molecule has 0 heterocycles. The number of benzene rings is 2. The lowest BCUT2D eigenvalue weighted by molar-refractivity contribution is 0.599. The van der Waals surface area contributed by atoms with E-state index in [1.54, 1.807) is 24.3 Å². The summed E-state index contributed by atoms with van der Waals surface area (Å²) in [5, 5.41) is 0. The first-order valence-electron chi connectivity index (χ1n) is 4.95. The average molecular weight is 215 g/mol. The molecule has 1 radical (unpaired) electrons. The number of anilines is 1. The van der Waals surface area contributed by atoms with E-state index in [4.69, 9.17) is 11.5 Å². The first-order chi connectivity index (χ1) is 7.70. The molecular formula is C13H12FN2. The minimum absolute atomic E-state index is 0.363. The first kappa shape index (κ1) is 10.6. The minimum Gasteiger partial charge on any atom is -0.398 e. The third-order valence-electron chi connectivity index (χ3n) is 2.51. The van der Waals surface area contributed by atoms with Crippen LogP contribution in [0.2, 0.25) is 0 Å². The van der Waals surface area contributed by atoms with Gasteiger partial charge in [-0.2, -0.15) is 0 Å². The van der Waals surface area contributed by atoms with E-state index in [0.29, 0.717) is 11.3 Å². The number of nitrogen functional groups attached to an aromatic ring is 1. The van der Waals surface area contributed by atoms with E-state index < -0.39 is 6.04 Å². The van der Waals surface area contributed by atoms with Gasteiger partial charge in [0.2, 0.25) is 0 Å². The highest BCUT2D eigenvalue weighted by Gasteiger charge is 2.14. The van der Waals surface area contributed by atoms with Crippen molar-refractivity contribution in [1.82, 2.24) is 0 Å². The van der Waals surface area contributed by atoms with Crippen LogP contribution in [0.15, 0.2) is 42.5 Å². The van der Waals surface area contributed by atoms with Crippen molar-refractivity contribution in [3.05, 3.63) is 65.5 Å². The fraction of sp³-hybridized carbons (Fsp3) is 0.0769. The molecule has 81 valence electrons. The van der Waals surface area contributed by atoms with Crippen LogP contribution in [0.1, 0.15) is 17.2 Å². The van der Waals surface area contributed by atoms with Gasteiger partial charge >= 0.3 is 0 Å². The number of para-hydroxylation sites is 1. The predicted molar refractivity (Wildman–Crippen MR) is 62.1 cm³/mol. The fourth-order valence-electron chi connectivity index (χ4n) is 1.64. The van der Waals surface area contributed by atoms with Crippen molar-refractivity contribution < 1.29 is 4.39 Å². The van der Waals surface area contributed by atoms with Gasteiger partial charge in [0, 0.05) is 11.3 Å². The number of rotatable bonds is 2. The Kier molecular flexibility index (Phi) is 2.88. The van der Waals surface area contributed by atoms with Gasteiger partial charge in [0.15, 0.2) is 0 Å². The molecule has 2 aromatic carbocycles. The monoisotopic (exact) mass is 215 g/mol. The van der Waals surface area contributed by atoms with Crippen LogP contribution in [0, 0.1) is 11.9 Å². The normalized spacial score (nSPS) is 12.4. The lowest BCUT2D eigenvalue weighted by atomic mass is 9.98. The molecule has 3 heteroatoms. The molecule has 0 saturated heterocycles. The zero-order chi connectivity index (χ0) is 11.5. The summed E-state index contributed by atoms with van der Waals surface area (Å²) in [5.41, 5.74) is 13.5. The molecule has 0 aliphatic heterocycles. The van der Waals surface area contributed by atoms with E-state index >= 15 is 0 Å². The largest absolute Gasteiger partial charge is 0.398 e. The molecule has 2 nitrogen and oxygen atoms in total. The second kappa shape index (κ2) is 4.33. The van der Waals surface area contributed by atoms with Crippen LogP contribution in [0.3, 0.4) is 0 Å². The van der Waals surface area contributed by atoms with Gasteiger partial charge < -0.3 is 11.5 Å². The van der Waals surface area contributed by atoms with Gasteiger partial charge in [-0.15, -0.1) is 0 Å². The maximum Gasteiger partial charge on any atom is 0.128 e. The maximum atomic E-state index is 13.5. The van der Waals surface area contributed by atoms with E-state index in [2.05, 4.69) is 6.07 Å². The van der Waals surface area contributed by atoms with Crippen LogP contribution in [0.5, 0.6) is 0 Å². The van der Waals surface area contributed by atoms with Crippen LogP contribution in [-0.4, -0.2) is 0 Å². The molecule has 0 saturated carbocycles. The summed E-state index contributed by atoms with van der Waals surface area (Å²) in [6.45, 7) is 0. The van der Waals surface area contributed by atoms with Crippen molar-refractivity contribution in [3.63, 3.8) is 0 Å². The van der Waals surface area contributed by atoms with E-state index in [0.717, 1.165) is 5.56 Å². The molecule has 0 fully saturated rings. The first-order valence-corrected chi connectivity index (χ1v) is 4.95. The second-order valence-corrected chi connectivity index (χ2v) is 3.55. The third kappa shape index (κ3) is 1.90. The standard InChI is InChI=1S/C13H12FN2/c14-11-7-3-1-5-9(11)13(16)10-6-2-4-8-12(10)15/h1-2,4-8,13H,15-16H2. The Morgan fingerprint density at radius 3 is 2.56 bits per heavy atom. The molecule has 16 heavy (non-hydrogen) atoms. The topological polar surface area (TPSA) is 52.0 Å². The summed E-state index contributed by atoms with van der Waals surface area (Å²) >= 11 is 0. The summed E-state index contributed by atoms with van der Waals surface area (Å²) in [6.07, 6.45) is 0. The molecule has 0 amide bonds. The van der Waals surface area contributed by atoms with Crippen LogP contribution < -0.4 is 11.5 Å². The highest BCUT2D eigenvalue weighted by atomic mass is 19.1. The fourth-order valence-corrected chi connectivity index (χ4v) is 1.64. The van der Waals surface area contributed by atoms with Gasteiger partial charge in [-0.3, -0.25) is 0 Å². The molecule has 2 rings (SSSR count). The molecular weight excluding hydrogens is 203 g/mol. The quantitative estimate of drug-likeness (QED) is 0.755. The van der Waals surface area contributed by atoms with Crippen molar-refractivity contribution in [2.45, 2.75) is 6.04 Å². The van der Waals surface area contributed by atoms with E-state index in [1.165, 1.54) is 6.07 Å². The number of hydrogen-bond acceptors (Lipinski definition) is 2. The van der Waals surface area contributed by atoms with Crippen LogP contribution >= 0.6 is 0 Å². The Bertz CT molecular complexity index is 451. The predicted octanol–water partition coefficient (Wildman–Crippen LogP) is 2.26. The molecule has 1 atom stereocenters. The Morgan fingerprint density at radius 2 is 1.88 bits per heavy atom. The summed E-state index contributed by atoms with van der Waals surface area (Å²) in [4.78, 5) is 0. The van der Waals surface area contributed by atoms with Crippen LogP contribution in [0.25, 0.3) is 0 Å². The van der Waals surface area contributed by atoms with Gasteiger partial charge in [-0.05, 0) is 23.8 Å². The minimum atomic E-state index is -0.546. The Balaban J connectivity index is 2.44.